The zero-order chi connectivity index (χ0) is 14.7. The van der Waals surface area contributed by atoms with E-state index in [4.69, 9.17) is 4.74 Å². The molecule has 0 aliphatic carbocycles. The fourth-order valence-electron chi connectivity index (χ4n) is 1.63. The summed E-state index contributed by atoms with van der Waals surface area (Å²) in [5, 5.41) is 5.34. The van der Waals surface area contributed by atoms with E-state index < -0.39 is 5.60 Å². The average molecular weight is 283 g/mol. The summed E-state index contributed by atoms with van der Waals surface area (Å²) < 4.78 is 5.36. The summed E-state index contributed by atoms with van der Waals surface area (Å²) in [4.78, 5) is 13.2. The largest absolute Gasteiger partial charge is 0.459 e. The van der Waals surface area contributed by atoms with Gasteiger partial charge in [-0.3, -0.25) is 4.79 Å². The van der Waals surface area contributed by atoms with Crippen molar-refractivity contribution in [3.8, 4) is 0 Å². The molecule has 0 saturated heterocycles. The predicted molar refractivity (Wildman–Crippen MR) is 80.7 cm³/mol. The van der Waals surface area contributed by atoms with Crippen LogP contribution in [0.1, 0.15) is 46.4 Å². The second-order valence-electron chi connectivity index (χ2n) is 6.50. The van der Waals surface area contributed by atoms with E-state index in [1.165, 1.54) is 4.88 Å². The highest BCUT2D eigenvalue weighted by Crippen LogP contribution is 2.26. The monoisotopic (exact) mass is 283 g/mol. The number of nitrogens with one attached hydrogen (secondary N) is 1. The van der Waals surface area contributed by atoms with Crippen LogP contribution in [0.25, 0.3) is 0 Å². The maximum absolute atomic E-state index is 11.9. The first-order valence-corrected chi connectivity index (χ1v) is 7.50. The van der Waals surface area contributed by atoms with Crippen LogP contribution < -0.4 is 5.32 Å². The summed E-state index contributed by atoms with van der Waals surface area (Å²) in [6, 6.07) is 3.89. The average Bonchev–Trinajstić information content (AvgIpc) is 2.77. The van der Waals surface area contributed by atoms with Crippen LogP contribution in [0.2, 0.25) is 0 Å². The van der Waals surface area contributed by atoms with Crippen molar-refractivity contribution in [1.82, 2.24) is 5.32 Å². The van der Waals surface area contributed by atoms with Crippen molar-refractivity contribution in [3.63, 3.8) is 0 Å². The summed E-state index contributed by atoms with van der Waals surface area (Å²) >= 11 is 1.74. The van der Waals surface area contributed by atoms with Gasteiger partial charge >= 0.3 is 5.97 Å². The Kier molecular flexibility index (Phi) is 5.16. The van der Waals surface area contributed by atoms with E-state index in [0.29, 0.717) is 0 Å². The lowest BCUT2D eigenvalue weighted by Crippen LogP contribution is -2.44. The highest BCUT2D eigenvalue weighted by Gasteiger charge is 2.26. The minimum atomic E-state index is -0.434. The van der Waals surface area contributed by atoms with Gasteiger partial charge in [0.15, 0.2) is 0 Å². The third-order valence-corrected chi connectivity index (χ3v) is 4.03. The summed E-state index contributed by atoms with van der Waals surface area (Å²) in [5.74, 6) is -0.200. The Bertz CT molecular complexity index is 404. The zero-order valence-corrected chi connectivity index (χ0v) is 13.6. The fraction of sp³-hybridized carbons (Fsp3) is 0.667. The lowest BCUT2D eigenvalue weighted by atomic mass is 9.91. The molecule has 1 heterocycles. The van der Waals surface area contributed by atoms with Crippen molar-refractivity contribution >= 4 is 17.3 Å². The smallest absolute Gasteiger partial charge is 0.323 e. The van der Waals surface area contributed by atoms with E-state index in [2.05, 4.69) is 36.7 Å². The third-order valence-electron chi connectivity index (χ3n) is 2.80. The minimum Gasteiger partial charge on any atom is -0.459 e. The molecule has 0 amide bonds. The first kappa shape index (κ1) is 16.2. The maximum atomic E-state index is 11.9. The zero-order valence-electron chi connectivity index (χ0n) is 12.7. The highest BCUT2D eigenvalue weighted by atomic mass is 32.1. The Balaban J connectivity index is 2.50. The molecule has 19 heavy (non-hydrogen) atoms. The molecule has 0 aromatic carbocycles. The number of rotatable bonds is 5. The first-order chi connectivity index (χ1) is 8.62. The molecule has 1 atom stereocenters. The molecular weight excluding hydrogens is 258 g/mol. The fourth-order valence-corrected chi connectivity index (χ4v) is 2.48. The van der Waals surface area contributed by atoms with Crippen LogP contribution in [0, 0.1) is 0 Å². The van der Waals surface area contributed by atoms with Gasteiger partial charge in [0.25, 0.3) is 0 Å². The standard InChI is InChI=1S/C15H25NO2S/c1-11(13(17)18-14(2,3)4)16-10-15(5,6)12-8-7-9-19-12/h7-9,11,16H,10H2,1-6H3. The number of carbonyl (C=O) groups is 1. The Morgan fingerprint density at radius 2 is 2.00 bits per heavy atom. The van der Waals surface area contributed by atoms with Crippen LogP contribution in [-0.2, 0) is 14.9 Å². The number of hydrogen-bond donors (Lipinski definition) is 1. The molecule has 0 saturated carbocycles. The van der Waals surface area contributed by atoms with E-state index >= 15 is 0 Å². The van der Waals surface area contributed by atoms with Crippen molar-refractivity contribution in [3.05, 3.63) is 22.4 Å². The second-order valence-corrected chi connectivity index (χ2v) is 7.44. The third kappa shape index (κ3) is 5.33. The van der Waals surface area contributed by atoms with E-state index in [0.717, 1.165) is 6.54 Å². The van der Waals surface area contributed by atoms with Crippen LogP contribution in [0.15, 0.2) is 17.5 Å². The molecule has 0 bridgehead atoms. The van der Waals surface area contributed by atoms with E-state index in [9.17, 15) is 4.79 Å². The Hall–Kier alpha value is -0.870. The Labute approximate surface area is 120 Å². The topological polar surface area (TPSA) is 38.3 Å². The molecule has 108 valence electrons. The van der Waals surface area contributed by atoms with Gasteiger partial charge in [0.1, 0.15) is 11.6 Å². The molecule has 4 heteroatoms. The molecule has 1 aromatic heterocycles. The molecule has 3 nitrogen and oxygen atoms in total. The molecular formula is C15H25NO2S. The molecule has 0 aliphatic heterocycles. The van der Waals surface area contributed by atoms with Crippen LogP contribution in [-0.4, -0.2) is 24.2 Å². The summed E-state index contributed by atoms with van der Waals surface area (Å²) in [7, 11) is 0. The van der Waals surface area contributed by atoms with Gasteiger partial charge in [0.2, 0.25) is 0 Å². The molecule has 1 rings (SSSR count). The molecule has 0 fully saturated rings. The van der Waals surface area contributed by atoms with Gasteiger partial charge in [-0.2, -0.15) is 0 Å². The Morgan fingerprint density at radius 3 is 2.47 bits per heavy atom. The summed E-state index contributed by atoms with van der Waals surface area (Å²) in [6.07, 6.45) is 0. The van der Waals surface area contributed by atoms with Crippen molar-refractivity contribution in [1.29, 1.82) is 0 Å². The number of esters is 1. The first-order valence-electron chi connectivity index (χ1n) is 6.62. The summed E-state index contributed by atoms with van der Waals surface area (Å²) in [6.45, 7) is 12.6. The highest BCUT2D eigenvalue weighted by molar-refractivity contribution is 7.10. The lowest BCUT2D eigenvalue weighted by molar-refractivity contribution is -0.157. The molecule has 1 unspecified atom stereocenters. The number of carbonyl (C=O) groups excluding carboxylic acids is 1. The van der Waals surface area contributed by atoms with Crippen molar-refractivity contribution in [2.45, 2.75) is 58.6 Å². The van der Waals surface area contributed by atoms with Crippen molar-refractivity contribution < 1.29 is 9.53 Å². The summed E-state index contributed by atoms with van der Waals surface area (Å²) in [5.41, 5.74) is -0.416. The molecule has 0 spiro atoms. The van der Waals surface area contributed by atoms with Gasteiger partial charge < -0.3 is 10.1 Å². The van der Waals surface area contributed by atoms with Gasteiger partial charge in [0, 0.05) is 16.8 Å². The molecule has 1 aromatic rings. The quantitative estimate of drug-likeness (QED) is 0.842. The van der Waals surface area contributed by atoms with Crippen molar-refractivity contribution in [2.24, 2.45) is 0 Å². The SMILES string of the molecule is CC(NCC(C)(C)c1cccs1)C(=O)OC(C)(C)C. The van der Waals surface area contributed by atoms with Crippen LogP contribution in [0.4, 0.5) is 0 Å². The normalized spacial score (nSPS) is 14.2. The van der Waals surface area contributed by atoms with Gasteiger partial charge in [0.05, 0.1) is 0 Å². The van der Waals surface area contributed by atoms with Crippen LogP contribution in [0.5, 0.6) is 0 Å². The number of thiophene rings is 1. The van der Waals surface area contributed by atoms with Crippen LogP contribution in [0.3, 0.4) is 0 Å². The van der Waals surface area contributed by atoms with Gasteiger partial charge in [-0.15, -0.1) is 11.3 Å². The number of ether oxygens (including phenoxy) is 1. The lowest BCUT2D eigenvalue weighted by Gasteiger charge is -2.27. The van der Waals surface area contributed by atoms with Gasteiger partial charge in [-0.25, -0.2) is 0 Å². The predicted octanol–water partition coefficient (Wildman–Crippen LogP) is 3.35. The van der Waals surface area contributed by atoms with E-state index in [1.54, 1.807) is 11.3 Å². The van der Waals surface area contributed by atoms with Gasteiger partial charge in [-0.1, -0.05) is 19.9 Å². The number of hydrogen-bond acceptors (Lipinski definition) is 4. The minimum absolute atomic E-state index is 0.0183. The van der Waals surface area contributed by atoms with Crippen LogP contribution >= 0.6 is 11.3 Å². The van der Waals surface area contributed by atoms with Gasteiger partial charge in [-0.05, 0) is 39.1 Å². The van der Waals surface area contributed by atoms with E-state index in [1.807, 2.05) is 27.7 Å². The van der Waals surface area contributed by atoms with Crippen molar-refractivity contribution in [2.75, 3.05) is 6.54 Å². The second kappa shape index (κ2) is 6.06. The molecule has 1 N–H and O–H groups in total. The Morgan fingerprint density at radius 1 is 1.37 bits per heavy atom. The molecule has 0 aliphatic rings. The maximum Gasteiger partial charge on any atom is 0.323 e. The van der Waals surface area contributed by atoms with E-state index in [-0.39, 0.29) is 17.4 Å². The molecule has 0 radical (unpaired) electrons.